The van der Waals surface area contributed by atoms with E-state index >= 15 is 0 Å². The second-order valence-electron chi connectivity index (χ2n) is 6.45. The number of pyridine rings is 3. The minimum absolute atomic E-state index is 0. The first-order valence-electron chi connectivity index (χ1n) is 8.74. The fourth-order valence-corrected chi connectivity index (χ4v) is 4.36. The van der Waals surface area contributed by atoms with Gasteiger partial charge < -0.3 is 4.98 Å². The predicted molar refractivity (Wildman–Crippen MR) is 126 cm³/mol. The van der Waals surface area contributed by atoms with Crippen LogP contribution in [0, 0.1) is 13.8 Å². The van der Waals surface area contributed by atoms with Gasteiger partial charge in [-0.25, -0.2) is 22.0 Å². The van der Waals surface area contributed by atoms with Crippen molar-refractivity contribution >= 4 is 30.0 Å². The van der Waals surface area contributed by atoms with Crippen molar-refractivity contribution in [2.75, 3.05) is 6.26 Å². The maximum atomic E-state index is 11.0. The van der Waals surface area contributed by atoms with Crippen LogP contribution in [0.3, 0.4) is 0 Å². The summed E-state index contributed by atoms with van der Waals surface area (Å²) >= 11 is 0. The van der Waals surface area contributed by atoms with E-state index in [0.717, 1.165) is 17.8 Å². The molecular formula is C19H26N4O8S3. The Morgan fingerprint density at radius 2 is 1.32 bits per heavy atom. The van der Waals surface area contributed by atoms with E-state index in [9.17, 15) is 30.0 Å². The fourth-order valence-electron chi connectivity index (χ4n) is 2.19. The highest BCUT2D eigenvalue weighted by Crippen LogP contribution is 2.11. The lowest BCUT2D eigenvalue weighted by Crippen LogP contribution is -2.13. The number of aryl methyl sites for hydroxylation is 2. The Bertz CT molecular complexity index is 1410. The Hall–Kier alpha value is -2.98. The molecule has 3 rings (SSSR count). The van der Waals surface area contributed by atoms with E-state index in [2.05, 4.69) is 15.0 Å². The maximum absolute atomic E-state index is 11.0. The SMILES string of the molecule is C.Cc1ccncc1S(C)(=O)=O.Cc1ccncc1S(N)(=O)=O.O=c1cc[nH]cc1S(=O)(=O)O. The molecule has 0 fully saturated rings. The largest absolute Gasteiger partial charge is 0.366 e. The zero-order valence-electron chi connectivity index (χ0n) is 17.7. The zero-order valence-corrected chi connectivity index (χ0v) is 20.1. The van der Waals surface area contributed by atoms with E-state index in [1.807, 2.05) is 0 Å². The van der Waals surface area contributed by atoms with Crippen molar-refractivity contribution in [1.82, 2.24) is 15.0 Å². The molecule has 3 aromatic rings. The summed E-state index contributed by atoms with van der Waals surface area (Å²) in [5, 5.41) is 4.89. The zero-order chi connectivity index (χ0) is 25.4. The second-order valence-corrected chi connectivity index (χ2v) is 11.4. The average molecular weight is 535 g/mol. The molecule has 0 saturated heterocycles. The number of aromatic amines is 1. The molecule has 188 valence electrons. The van der Waals surface area contributed by atoms with E-state index in [1.54, 1.807) is 32.2 Å². The van der Waals surface area contributed by atoms with Crippen LogP contribution in [-0.2, 0) is 30.0 Å². The third kappa shape index (κ3) is 9.88. The van der Waals surface area contributed by atoms with Gasteiger partial charge in [-0.3, -0.25) is 19.3 Å². The lowest BCUT2D eigenvalue weighted by Gasteiger charge is -1.99. The smallest absolute Gasteiger partial charge is 0.299 e. The van der Waals surface area contributed by atoms with Crippen LogP contribution in [0.15, 0.2) is 74.9 Å². The van der Waals surface area contributed by atoms with Gasteiger partial charge in [0, 0.05) is 49.5 Å². The number of nitrogens with two attached hydrogens (primary N) is 1. The molecule has 3 heterocycles. The van der Waals surface area contributed by atoms with E-state index in [-0.39, 0.29) is 12.3 Å². The Morgan fingerprint density at radius 3 is 1.59 bits per heavy atom. The Labute approximate surface area is 198 Å². The Balaban J connectivity index is 0.000000473. The van der Waals surface area contributed by atoms with Crippen LogP contribution in [0.1, 0.15) is 18.6 Å². The van der Waals surface area contributed by atoms with Gasteiger partial charge in [0.2, 0.25) is 15.5 Å². The van der Waals surface area contributed by atoms with Crippen LogP contribution in [-0.4, -0.2) is 51.0 Å². The molecule has 0 atom stereocenters. The lowest BCUT2D eigenvalue weighted by molar-refractivity contribution is 0.482. The monoisotopic (exact) mass is 534 g/mol. The van der Waals surface area contributed by atoms with Gasteiger partial charge >= 0.3 is 0 Å². The van der Waals surface area contributed by atoms with Crippen molar-refractivity contribution in [3.8, 4) is 0 Å². The van der Waals surface area contributed by atoms with Crippen LogP contribution < -0.4 is 10.6 Å². The maximum Gasteiger partial charge on any atom is 0.299 e. The second kappa shape index (κ2) is 12.5. The van der Waals surface area contributed by atoms with Crippen LogP contribution in [0.5, 0.6) is 0 Å². The molecule has 12 nitrogen and oxygen atoms in total. The van der Waals surface area contributed by atoms with Gasteiger partial charge in [0.15, 0.2) is 14.7 Å². The number of hydrogen-bond acceptors (Lipinski definition) is 9. The fraction of sp³-hybridized carbons (Fsp3) is 0.211. The van der Waals surface area contributed by atoms with Crippen molar-refractivity contribution < 1.29 is 29.8 Å². The van der Waals surface area contributed by atoms with E-state index < -0.39 is 40.3 Å². The third-order valence-corrected chi connectivity index (χ3v) is 6.90. The quantitative estimate of drug-likeness (QED) is 0.407. The summed E-state index contributed by atoms with van der Waals surface area (Å²) in [5.41, 5.74) is 0.622. The summed E-state index contributed by atoms with van der Waals surface area (Å²) in [5.74, 6) is 0. The highest BCUT2D eigenvalue weighted by atomic mass is 32.2. The molecule has 3 aromatic heterocycles. The number of sulfone groups is 1. The highest BCUT2D eigenvalue weighted by molar-refractivity contribution is 7.90. The van der Waals surface area contributed by atoms with Crippen LogP contribution in [0.25, 0.3) is 0 Å². The van der Waals surface area contributed by atoms with E-state index in [0.29, 0.717) is 10.5 Å². The van der Waals surface area contributed by atoms with Crippen LogP contribution in [0.2, 0.25) is 0 Å². The van der Waals surface area contributed by atoms with E-state index in [4.69, 9.17) is 9.69 Å². The molecule has 0 aromatic carbocycles. The number of aromatic nitrogens is 3. The van der Waals surface area contributed by atoms with Crippen molar-refractivity contribution in [2.24, 2.45) is 5.14 Å². The molecule has 0 saturated carbocycles. The van der Waals surface area contributed by atoms with Crippen molar-refractivity contribution in [3.63, 3.8) is 0 Å². The van der Waals surface area contributed by atoms with Gasteiger partial charge in [-0.2, -0.15) is 8.42 Å². The number of sulfonamides is 1. The minimum Gasteiger partial charge on any atom is -0.366 e. The molecule has 0 aliphatic rings. The lowest BCUT2D eigenvalue weighted by atomic mass is 10.3. The summed E-state index contributed by atoms with van der Waals surface area (Å²) < 4.78 is 72.8. The van der Waals surface area contributed by atoms with Crippen LogP contribution in [0.4, 0.5) is 0 Å². The molecule has 15 heteroatoms. The topological polar surface area (TPSA) is 207 Å². The summed E-state index contributed by atoms with van der Waals surface area (Å²) in [7, 11) is -11.1. The molecule has 4 N–H and O–H groups in total. The number of rotatable bonds is 3. The average Bonchev–Trinajstić information content (AvgIpc) is 2.67. The van der Waals surface area contributed by atoms with Crippen molar-refractivity contribution in [1.29, 1.82) is 0 Å². The van der Waals surface area contributed by atoms with Gasteiger partial charge in [-0.15, -0.1) is 0 Å². The normalized spacial score (nSPS) is 11.1. The number of nitrogens with one attached hydrogen (secondary N) is 1. The van der Waals surface area contributed by atoms with Gasteiger partial charge in [0.05, 0.1) is 4.90 Å². The highest BCUT2D eigenvalue weighted by Gasteiger charge is 2.12. The van der Waals surface area contributed by atoms with Gasteiger partial charge in [0.25, 0.3) is 10.1 Å². The molecule has 0 radical (unpaired) electrons. The van der Waals surface area contributed by atoms with Gasteiger partial charge in [-0.05, 0) is 37.1 Å². The third-order valence-electron chi connectivity index (χ3n) is 3.75. The first-order valence-corrected chi connectivity index (χ1v) is 13.6. The summed E-state index contributed by atoms with van der Waals surface area (Å²) in [6, 6.07) is 4.29. The Kier molecular flexibility index (Phi) is 11.4. The standard InChI is InChI=1S/C7H9NO2S.C6H8N2O2S.C5H5NO4S.CH4/c1-6-3-4-8-5-7(6)11(2,9)10;1-5-2-3-8-4-6(5)11(7,9)10;7-4-1-2-6-3-5(4)11(8,9)10;/h3-5H,1-2H3;2-4H,1H3,(H2,7,9,10);1-3H,(H,6,7)(H,8,9,10);1H4. The molecule has 0 aliphatic carbocycles. The minimum atomic E-state index is -4.38. The molecule has 0 aliphatic heterocycles. The molecule has 34 heavy (non-hydrogen) atoms. The molecule has 0 bridgehead atoms. The molecule has 0 unspecified atom stereocenters. The summed E-state index contributed by atoms with van der Waals surface area (Å²) in [6.45, 7) is 3.42. The summed E-state index contributed by atoms with van der Waals surface area (Å²) in [6.07, 6.45) is 9.08. The molecule has 0 spiro atoms. The van der Waals surface area contributed by atoms with Gasteiger partial charge in [-0.1, -0.05) is 7.43 Å². The first-order chi connectivity index (χ1) is 15.0. The first kappa shape index (κ1) is 31.0. The predicted octanol–water partition coefficient (Wildman–Crippen LogP) is 1.09. The number of primary sulfonamides is 1. The van der Waals surface area contributed by atoms with Crippen LogP contribution >= 0.6 is 0 Å². The molecular weight excluding hydrogens is 508 g/mol. The number of nitrogens with zero attached hydrogens (tertiary/aromatic N) is 2. The van der Waals surface area contributed by atoms with Crippen molar-refractivity contribution in [2.45, 2.75) is 36.0 Å². The number of hydrogen-bond donors (Lipinski definition) is 3. The van der Waals surface area contributed by atoms with E-state index in [1.165, 1.54) is 31.0 Å². The Morgan fingerprint density at radius 1 is 0.853 bits per heavy atom. The number of H-pyrrole nitrogens is 1. The molecule has 0 amide bonds. The van der Waals surface area contributed by atoms with Crippen molar-refractivity contribution in [3.05, 3.63) is 76.7 Å². The summed E-state index contributed by atoms with van der Waals surface area (Å²) in [4.78, 5) is 20.2. The van der Waals surface area contributed by atoms with Gasteiger partial charge in [0.1, 0.15) is 4.90 Å².